The van der Waals surface area contributed by atoms with Crippen LogP contribution < -0.4 is 4.90 Å². The lowest BCUT2D eigenvalue weighted by molar-refractivity contribution is -0.145. The minimum absolute atomic E-state index is 0.0388. The number of halogens is 7. The van der Waals surface area contributed by atoms with Crippen LogP contribution >= 0.6 is 11.6 Å². The molecule has 248 valence electrons. The first-order valence-corrected chi connectivity index (χ1v) is 15.3. The highest BCUT2D eigenvalue weighted by Gasteiger charge is 2.43. The number of ether oxygens (including phenoxy) is 2. The summed E-state index contributed by atoms with van der Waals surface area (Å²) in [7, 11) is 0. The van der Waals surface area contributed by atoms with Crippen molar-refractivity contribution < 1.29 is 45.4 Å². The van der Waals surface area contributed by atoms with Crippen LogP contribution in [0.4, 0.5) is 36.8 Å². The van der Waals surface area contributed by atoms with Crippen LogP contribution in [0.25, 0.3) is 0 Å². The molecule has 0 bridgehead atoms. The molecule has 0 N–H and O–H groups in total. The third-order valence-corrected chi connectivity index (χ3v) is 8.71. The Hall–Kier alpha value is -3.22. The minimum atomic E-state index is -5.04. The van der Waals surface area contributed by atoms with E-state index in [2.05, 4.69) is 9.88 Å². The van der Waals surface area contributed by atoms with E-state index in [1.54, 1.807) is 19.1 Å². The number of esters is 1. The van der Waals surface area contributed by atoms with Crippen molar-refractivity contribution in [1.82, 2.24) is 9.88 Å². The third-order valence-electron chi connectivity index (χ3n) is 8.49. The topological polar surface area (TPSA) is 72.0 Å². The average Bonchev–Trinajstić information content (AvgIpc) is 3.24. The molecule has 14 heteroatoms. The predicted molar refractivity (Wildman–Crippen MR) is 155 cm³/mol. The number of carbonyl (C=O) groups excluding carboxylic acids is 2. The molecule has 0 radical (unpaired) electrons. The van der Waals surface area contributed by atoms with Gasteiger partial charge < -0.3 is 14.4 Å². The molecule has 1 saturated heterocycles. The van der Waals surface area contributed by atoms with Gasteiger partial charge in [-0.2, -0.15) is 26.3 Å². The molecule has 1 saturated carbocycles. The van der Waals surface area contributed by atoms with E-state index in [1.807, 2.05) is 6.92 Å². The lowest BCUT2D eigenvalue weighted by Crippen LogP contribution is -2.35. The van der Waals surface area contributed by atoms with Crippen molar-refractivity contribution in [2.75, 3.05) is 24.6 Å². The third kappa shape index (κ3) is 8.53. The summed E-state index contributed by atoms with van der Waals surface area (Å²) in [5.41, 5.74) is -2.25. The number of benzene rings is 1. The number of hydrogen-bond donors (Lipinski definition) is 0. The maximum Gasteiger partial charge on any atom is 0.416 e. The van der Waals surface area contributed by atoms with Gasteiger partial charge in [0.25, 0.3) is 0 Å². The van der Waals surface area contributed by atoms with E-state index in [0.717, 1.165) is 25.7 Å². The van der Waals surface area contributed by atoms with Crippen LogP contribution in [0.3, 0.4) is 0 Å². The Morgan fingerprint density at radius 1 is 1.02 bits per heavy atom. The first-order valence-electron chi connectivity index (χ1n) is 14.9. The molecule has 7 nitrogen and oxygen atoms in total. The first-order chi connectivity index (χ1) is 21.1. The van der Waals surface area contributed by atoms with E-state index in [9.17, 15) is 35.9 Å². The number of pyridine rings is 1. The van der Waals surface area contributed by atoms with Gasteiger partial charge in [0.2, 0.25) is 0 Å². The highest BCUT2D eigenvalue weighted by Crippen LogP contribution is 2.41. The van der Waals surface area contributed by atoms with Gasteiger partial charge in [-0.05, 0) is 94.2 Å². The fraction of sp³-hybridized carbons (Fsp3) is 0.581. The number of amides is 1. The van der Waals surface area contributed by atoms with Crippen LogP contribution in [0.1, 0.15) is 81.4 Å². The predicted octanol–water partition coefficient (Wildman–Crippen LogP) is 8.44. The smallest absolute Gasteiger partial charge is 0.416 e. The molecule has 0 spiro atoms. The number of nitrogens with zero attached hydrogens (tertiary/aromatic N) is 3. The summed E-state index contributed by atoms with van der Waals surface area (Å²) in [4.78, 5) is 32.7. The van der Waals surface area contributed by atoms with Crippen LogP contribution in [0.15, 0.2) is 30.3 Å². The molecular weight excluding hydrogens is 628 g/mol. The van der Waals surface area contributed by atoms with Crippen LogP contribution in [0.5, 0.6) is 0 Å². The van der Waals surface area contributed by atoms with E-state index in [0.29, 0.717) is 55.5 Å². The van der Waals surface area contributed by atoms with Gasteiger partial charge >= 0.3 is 24.4 Å². The second kappa shape index (κ2) is 14.0. The quantitative estimate of drug-likeness (QED) is 0.144. The summed E-state index contributed by atoms with van der Waals surface area (Å²) in [5, 5.41) is 0.161. The zero-order valence-electron chi connectivity index (χ0n) is 25.2. The summed E-state index contributed by atoms with van der Waals surface area (Å²) < 4.78 is 91.4. The molecule has 2 heterocycles. The van der Waals surface area contributed by atoms with E-state index in [1.165, 1.54) is 11.8 Å². The number of anilines is 1. The maximum atomic E-state index is 13.5. The standard InChI is InChI=1S/C31H36ClF6N3O4/c1-4-40(16-20-8-6-19(7-9-20)12-27(42)44-5-2)25-10-11-26(32)39-24(25)17-41-18(3)28(45-29(41)43)21-13-22(30(33,34)35)15-23(14-21)31(36,37)38/h10-11,13-15,18-20,28H,4-9,12,16-17H2,1-3H3/t18-,19?,20?,28-/m0/s1. The highest BCUT2D eigenvalue weighted by atomic mass is 35.5. The Kier molecular flexibility index (Phi) is 10.8. The minimum Gasteiger partial charge on any atom is -0.466 e. The van der Waals surface area contributed by atoms with Crippen molar-refractivity contribution in [2.24, 2.45) is 11.8 Å². The van der Waals surface area contributed by atoms with Gasteiger partial charge in [-0.3, -0.25) is 9.69 Å². The SMILES string of the molecule is CCOC(=O)CC1CCC(CN(CC)c2ccc(Cl)nc2CN2C(=O)O[C@H](c3cc(C(F)(F)F)cc(C(F)(F)F)c3)[C@@H]2C)CC1. The number of carbonyl (C=O) groups is 2. The van der Waals surface area contributed by atoms with Crippen LogP contribution in [-0.2, 0) is 33.2 Å². The zero-order valence-corrected chi connectivity index (χ0v) is 25.9. The number of hydrogen-bond acceptors (Lipinski definition) is 6. The molecule has 45 heavy (non-hydrogen) atoms. The van der Waals surface area contributed by atoms with E-state index in [4.69, 9.17) is 21.1 Å². The van der Waals surface area contributed by atoms with Gasteiger partial charge in [-0.1, -0.05) is 11.6 Å². The zero-order chi connectivity index (χ0) is 33.1. The van der Waals surface area contributed by atoms with Gasteiger partial charge in [0.15, 0.2) is 0 Å². The first kappa shape index (κ1) is 34.6. The molecule has 2 aromatic rings. The van der Waals surface area contributed by atoms with Gasteiger partial charge in [0, 0.05) is 19.5 Å². The fourth-order valence-corrected chi connectivity index (χ4v) is 6.28. The lowest BCUT2D eigenvalue weighted by atomic mass is 9.80. The molecule has 1 aromatic heterocycles. The van der Waals surface area contributed by atoms with E-state index < -0.39 is 47.3 Å². The number of rotatable bonds is 10. The average molecular weight is 664 g/mol. The van der Waals surface area contributed by atoms with Crippen molar-refractivity contribution in [1.29, 1.82) is 0 Å². The molecular formula is C31H36ClF6N3O4. The van der Waals surface area contributed by atoms with E-state index in [-0.39, 0.29) is 29.7 Å². The lowest BCUT2D eigenvalue weighted by Gasteiger charge is -2.34. The number of alkyl halides is 6. The Morgan fingerprint density at radius 2 is 1.62 bits per heavy atom. The molecule has 0 unspecified atom stereocenters. The highest BCUT2D eigenvalue weighted by molar-refractivity contribution is 6.29. The molecule has 1 aliphatic carbocycles. The van der Waals surface area contributed by atoms with Crippen molar-refractivity contribution >= 4 is 29.4 Å². The summed E-state index contributed by atoms with van der Waals surface area (Å²) in [6, 6.07) is 3.69. The Morgan fingerprint density at radius 3 is 2.18 bits per heavy atom. The van der Waals surface area contributed by atoms with Crippen LogP contribution in [0.2, 0.25) is 5.15 Å². The number of cyclic esters (lactones) is 1. The second-order valence-electron chi connectivity index (χ2n) is 11.5. The Balaban J connectivity index is 1.52. The largest absolute Gasteiger partial charge is 0.466 e. The summed E-state index contributed by atoms with van der Waals surface area (Å²) in [6.45, 7) is 6.77. The molecule has 2 fully saturated rings. The van der Waals surface area contributed by atoms with Crippen LogP contribution in [-0.4, -0.2) is 47.7 Å². The van der Waals surface area contributed by atoms with Gasteiger partial charge in [0.05, 0.1) is 41.7 Å². The fourth-order valence-electron chi connectivity index (χ4n) is 6.12. The summed E-state index contributed by atoms with van der Waals surface area (Å²) >= 11 is 6.22. The summed E-state index contributed by atoms with van der Waals surface area (Å²) in [6.07, 6.45) is -8.30. The van der Waals surface area contributed by atoms with Gasteiger partial charge in [0.1, 0.15) is 11.3 Å². The molecule has 1 aromatic carbocycles. The molecule has 2 aliphatic rings. The summed E-state index contributed by atoms with van der Waals surface area (Å²) in [5.74, 6) is 0.442. The molecule has 1 aliphatic heterocycles. The Bertz CT molecular complexity index is 1330. The Labute approximate surface area is 262 Å². The van der Waals surface area contributed by atoms with Crippen molar-refractivity contribution in [2.45, 2.75) is 83.9 Å². The van der Waals surface area contributed by atoms with Gasteiger partial charge in [-0.25, -0.2) is 9.78 Å². The number of aromatic nitrogens is 1. The molecule has 2 atom stereocenters. The van der Waals surface area contributed by atoms with Crippen molar-refractivity contribution in [3.05, 3.63) is 57.9 Å². The van der Waals surface area contributed by atoms with Crippen molar-refractivity contribution in [3.63, 3.8) is 0 Å². The normalized spacial score (nSPS) is 22.4. The van der Waals surface area contributed by atoms with E-state index >= 15 is 0 Å². The second-order valence-corrected chi connectivity index (χ2v) is 11.9. The molecule has 4 rings (SSSR count). The van der Waals surface area contributed by atoms with Crippen LogP contribution in [0, 0.1) is 11.8 Å². The monoisotopic (exact) mass is 663 g/mol. The molecule has 1 amide bonds. The maximum absolute atomic E-state index is 13.5. The van der Waals surface area contributed by atoms with Gasteiger partial charge in [-0.15, -0.1) is 0 Å². The van der Waals surface area contributed by atoms with Crippen molar-refractivity contribution in [3.8, 4) is 0 Å².